The molecule has 2 aromatic carbocycles. The van der Waals surface area contributed by atoms with Crippen LogP contribution in [0.3, 0.4) is 0 Å². The van der Waals surface area contributed by atoms with Crippen molar-refractivity contribution in [2.24, 2.45) is 21.7 Å². The van der Waals surface area contributed by atoms with Gasteiger partial charge in [-0.2, -0.15) is 5.10 Å². The third-order valence-corrected chi connectivity index (χ3v) is 3.23. The molecule has 0 aliphatic heterocycles. The summed E-state index contributed by atoms with van der Waals surface area (Å²) in [6, 6.07) is 15.3. The average Bonchev–Trinajstić information content (AvgIpc) is 3.06. The molecular formula is C17H15ClFN5O. The van der Waals surface area contributed by atoms with Crippen LogP contribution in [-0.4, -0.2) is 17.3 Å². The monoisotopic (exact) mass is 359 g/mol. The summed E-state index contributed by atoms with van der Waals surface area (Å²) in [6.07, 6.45) is 1.54. The van der Waals surface area contributed by atoms with Crippen LogP contribution in [0.2, 0.25) is 0 Å². The van der Waals surface area contributed by atoms with Crippen molar-refractivity contribution in [1.82, 2.24) is 5.16 Å². The first-order chi connectivity index (χ1) is 11.6. The van der Waals surface area contributed by atoms with Gasteiger partial charge in [-0.3, -0.25) is 0 Å². The van der Waals surface area contributed by atoms with Gasteiger partial charge >= 0.3 is 0 Å². The Labute approximate surface area is 149 Å². The second-order valence-corrected chi connectivity index (χ2v) is 4.97. The fourth-order valence-electron chi connectivity index (χ4n) is 2.06. The van der Waals surface area contributed by atoms with E-state index < -0.39 is 0 Å². The molecule has 25 heavy (non-hydrogen) atoms. The SMILES string of the molecule is Cl.NC(N)=N/N=C/c1ccc(-c2cc(-c3ccc(F)cc3)on2)cc1. The normalized spacial score (nSPS) is 10.4. The number of hydrogen-bond acceptors (Lipinski definition) is 4. The molecule has 0 saturated carbocycles. The molecule has 1 aromatic heterocycles. The molecule has 3 aromatic rings. The van der Waals surface area contributed by atoms with Crippen LogP contribution in [0.5, 0.6) is 0 Å². The Morgan fingerprint density at radius 3 is 2.28 bits per heavy atom. The molecule has 0 amide bonds. The zero-order chi connectivity index (χ0) is 16.9. The fourth-order valence-corrected chi connectivity index (χ4v) is 2.06. The number of aromatic nitrogens is 1. The molecule has 128 valence electrons. The Morgan fingerprint density at radius 2 is 1.64 bits per heavy atom. The van der Waals surface area contributed by atoms with Crippen LogP contribution in [0.25, 0.3) is 22.6 Å². The summed E-state index contributed by atoms with van der Waals surface area (Å²) in [7, 11) is 0. The molecule has 0 saturated heterocycles. The highest BCUT2D eigenvalue weighted by Gasteiger charge is 2.08. The summed E-state index contributed by atoms with van der Waals surface area (Å²) in [4.78, 5) is 0. The van der Waals surface area contributed by atoms with E-state index >= 15 is 0 Å². The van der Waals surface area contributed by atoms with Crippen molar-refractivity contribution >= 4 is 24.6 Å². The molecule has 6 nitrogen and oxygen atoms in total. The first-order valence-electron chi connectivity index (χ1n) is 7.07. The van der Waals surface area contributed by atoms with Gasteiger partial charge in [0.1, 0.15) is 11.5 Å². The third kappa shape index (κ3) is 4.65. The van der Waals surface area contributed by atoms with Crippen LogP contribution >= 0.6 is 12.4 Å². The number of halogens is 2. The van der Waals surface area contributed by atoms with Crippen LogP contribution in [0, 0.1) is 5.82 Å². The Morgan fingerprint density at radius 1 is 1.00 bits per heavy atom. The lowest BCUT2D eigenvalue weighted by Crippen LogP contribution is -2.21. The fraction of sp³-hybridized carbons (Fsp3) is 0. The Balaban J connectivity index is 0.00000225. The van der Waals surface area contributed by atoms with Gasteiger partial charge in [-0.25, -0.2) is 4.39 Å². The molecule has 0 bridgehead atoms. The van der Waals surface area contributed by atoms with Gasteiger partial charge in [-0.05, 0) is 29.8 Å². The summed E-state index contributed by atoms with van der Waals surface area (Å²) < 4.78 is 18.3. The number of guanidine groups is 1. The largest absolute Gasteiger partial charge is 0.369 e. The maximum absolute atomic E-state index is 13.0. The average molecular weight is 360 g/mol. The lowest BCUT2D eigenvalue weighted by molar-refractivity contribution is 0.435. The van der Waals surface area contributed by atoms with Crippen molar-refractivity contribution in [3.8, 4) is 22.6 Å². The van der Waals surface area contributed by atoms with Gasteiger partial charge in [0, 0.05) is 17.2 Å². The predicted octanol–water partition coefficient (Wildman–Crippen LogP) is 3.18. The first-order valence-corrected chi connectivity index (χ1v) is 7.07. The van der Waals surface area contributed by atoms with Crippen molar-refractivity contribution in [1.29, 1.82) is 0 Å². The number of nitrogens with zero attached hydrogens (tertiary/aromatic N) is 3. The maximum Gasteiger partial charge on any atom is 0.211 e. The summed E-state index contributed by atoms with van der Waals surface area (Å²) in [5.74, 6) is 0.179. The third-order valence-electron chi connectivity index (χ3n) is 3.23. The van der Waals surface area contributed by atoms with E-state index in [2.05, 4.69) is 15.4 Å². The minimum absolute atomic E-state index is 0. The highest BCUT2D eigenvalue weighted by atomic mass is 35.5. The van der Waals surface area contributed by atoms with Gasteiger partial charge in [0.15, 0.2) is 5.76 Å². The van der Waals surface area contributed by atoms with Crippen LogP contribution in [0.15, 0.2) is 69.3 Å². The smallest absolute Gasteiger partial charge is 0.211 e. The zero-order valence-corrected chi connectivity index (χ0v) is 13.8. The van der Waals surface area contributed by atoms with Gasteiger partial charge in [0.05, 0.1) is 6.21 Å². The molecule has 0 aliphatic carbocycles. The topological polar surface area (TPSA) is 103 Å². The molecule has 0 spiro atoms. The number of nitrogens with two attached hydrogens (primary N) is 2. The molecule has 0 radical (unpaired) electrons. The van der Waals surface area contributed by atoms with E-state index in [0.717, 1.165) is 16.7 Å². The predicted molar refractivity (Wildman–Crippen MR) is 98.0 cm³/mol. The lowest BCUT2D eigenvalue weighted by Gasteiger charge is -1.96. The Kier molecular flexibility index (Phi) is 5.86. The molecule has 1 heterocycles. The Bertz CT molecular complexity index is 884. The molecular weight excluding hydrogens is 345 g/mol. The van der Waals surface area contributed by atoms with Gasteiger partial charge < -0.3 is 16.0 Å². The van der Waals surface area contributed by atoms with E-state index in [1.54, 1.807) is 18.2 Å². The van der Waals surface area contributed by atoms with Gasteiger partial charge in [0.2, 0.25) is 5.96 Å². The van der Waals surface area contributed by atoms with E-state index in [0.29, 0.717) is 11.5 Å². The van der Waals surface area contributed by atoms with E-state index in [4.69, 9.17) is 16.0 Å². The zero-order valence-electron chi connectivity index (χ0n) is 13.0. The van der Waals surface area contributed by atoms with Crippen molar-refractivity contribution in [3.63, 3.8) is 0 Å². The van der Waals surface area contributed by atoms with Crippen molar-refractivity contribution < 1.29 is 8.91 Å². The highest BCUT2D eigenvalue weighted by Crippen LogP contribution is 2.26. The quantitative estimate of drug-likeness (QED) is 0.424. The molecule has 8 heteroatoms. The van der Waals surface area contributed by atoms with E-state index in [1.807, 2.05) is 24.3 Å². The van der Waals surface area contributed by atoms with Crippen molar-refractivity contribution in [2.75, 3.05) is 0 Å². The minimum atomic E-state index is -0.295. The van der Waals surface area contributed by atoms with Crippen molar-refractivity contribution in [3.05, 3.63) is 66.0 Å². The molecule has 0 unspecified atom stereocenters. The van der Waals surface area contributed by atoms with Crippen LogP contribution in [0.4, 0.5) is 4.39 Å². The van der Waals surface area contributed by atoms with E-state index in [-0.39, 0.29) is 24.2 Å². The number of hydrogen-bond donors (Lipinski definition) is 2. The summed E-state index contributed by atoms with van der Waals surface area (Å²) >= 11 is 0. The number of rotatable bonds is 4. The molecule has 4 N–H and O–H groups in total. The molecule has 3 rings (SSSR count). The second kappa shape index (κ2) is 8.07. The van der Waals surface area contributed by atoms with E-state index in [9.17, 15) is 4.39 Å². The molecule has 0 aliphatic rings. The van der Waals surface area contributed by atoms with E-state index in [1.165, 1.54) is 18.3 Å². The first kappa shape index (κ1) is 18.2. The molecule has 0 atom stereocenters. The van der Waals surface area contributed by atoms with Crippen LogP contribution in [-0.2, 0) is 0 Å². The van der Waals surface area contributed by atoms with Gasteiger partial charge in [-0.1, -0.05) is 29.4 Å². The van der Waals surface area contributed by atoms with Crippen LogP contribution < -0.4 is 11.5 Å². The number of benzene rings is 2. The highest BCUT2D eigenvalue weighted by molar-refractivity contribution is 5.85. The van der Waals surface area contributed by atoms with Gasteiger partial charge in [-0.15, -0.1) is 17.5 Å². The van der Waals surface area contributed by atoms with Crippen molar-refractivity contribution in [2.45, 2.75) is 0 Å². The van der Waals surface area contributed by atoms with Gasteiger partial charge in [0.25, 0.3) is 0 Å². The molecule has 0 fully saturated rings. The maximum atomic E-state index is 13.0. The summed E-state index contributed by atoms with van der Waals surface area (Å²) in [5, 5.41) is 11.3. The van der Waals surface area contributed by atoms with Crippen LogP contribution in [0.1, 0.15) is 5.56 Å². The Hall–Kier alpha value is -3.19. The summed E-state index contributed by atoms with van der Waals surface area (Å²) in [6.45, 7) is 0. The second-order valence-electron chi connectivity index (χ2n) is 4.97. The lowest BCUT2D eigenvalue weighted by atomic mass is 10.1. The minimum Gasteiger partial charge on any atom is -0.369 e. The summed E-state index contributed by atoms with van der Waals surface area (Å²) in [5.41, 5.74) is 13.5. The standard InChI is InChI=1S/C17H14FN5O.ClH/c18-14-7-5-13(6-8-14)16-9-15(23-24-16)12-3-1-11(2-4-12)10-21-22-17(19)20;/h1-10H,(H4,19,20,22);1H/b21-10+;.